The van der Waals surface area contributed by atoms with Gasteiger partial charge in [0.2, 0.25) is 0 Å². The molecule has 0 saturated heterocycles. The van der Waals surface area contributed by atoms with Crippen molar-refractivity contribution in [3.05, 3.63) is 56.1 Å². The van der Waals surface area contributed by atoms with Gasteiger partial charge in [0.05, 0.1) is 7.11 Å². The van der Waals surface area contributed by atoms with Crippen molar-refractivity contribution >= 4 is 5.97 Å². The first kappa shape index (κ1) is 21.7. The second-order valence-electron chi connectivity index (χ2n) is 6.13. The summed E-state index contributed by atoms with van der Waals surface area (Å²) in [5.74, 6) is -0.230. The number of aryl methyl sites for hydroxylation is 2. The summed E-state index contributed by atoms with van der Waals surface area (Å²) in [7, 11) is 1.42. The molecule has 0 heterocycles. The van der Waals surface area contributed by atoms with E-state index in [1.807, 2.05) is 27.7 Å². The molecule has 0 aliphatic heterocycles. The summed E-state index contributed by atoms with van der Waals surface area (Å²) in [5.41, 5.74) is 11.0. The average Bonchev–Trinajstić information content (AvgIpc) is 2.82. The van der Waals surface area contributed by atoms with Crippen LogP contribution in [-0.4, -0.2) is 13.1 Å². The average molecular weight is 356 g/mol. The van der Waals surface area contributed by atoms with E-state index in [0.717, 1.165) is 16.7 Å². The maximum Gasteiger partial charge on any atom is 0.281 e. The molecule has 2 rings (SSSR count). The minimum Gasteiger partial charge on any atom is -0.743 e. The minimum atomic E-state index is -0.230. The van der Waals surface area contributed by atoms with E-state index >= 15 is 0 Å². The van der Waals surface area contributed by atoms with Crippen molar-refractivity contribution in [3.8, 4) is 0 Å². The second kappa shape index (κ2) is 8.52. The summed E-state index contributed by atoms with van der Waals surface area (Å²) in [6, 6.07) is 2.24. The predicted molar refractivity (Wildman–Crippen MR) is 93.3 cm³/mol. The summed E-state index contributed by atoms with van der Waals surface area (Å²) >= 11 is 0. The van der Waals surface area contributed by atoms with Crippen LogP contribution in [0.1, 0.15) is 54.9 Å². The van der Waals surface area contributed by atoms with Crippen molar-refractivity contribution in [1.82, 2.24) is 0 Å². The van der Waals surface area contributed by atoms with Crippen LogP contribution >= 0.6 is 0 Å². The van der Waals surface area contributed by atoms with E-state index in [4.69, 9.17) is 4.74 Å². The largest absolute Gasteiger partial charge is 0.743 e. The summed E-state index contributed by atoms with van der Waals surface area (Å²) in [6.45, 7) is 16.7. The number of hydrogen-bond donors (Lipinski definition) is 0. The van der Waals surface area contributed by atoms with Crippen LogP contribution in [0.25, 0.3) is 0 Å². The third-order valence-electron chi connectivity index (χ3n) is 5.01. The SMILES string of the molecule is COC(=O)[c-]1c(C)c(C)c(C)c1C.C[c-]1[cH-][c-](C)[c-](C)[c-]1C.[Fe]. The van der Waals surface area contributed by atoms with Crippen molar-refractivity contribution in [2.75, 3.05) is 7.11 Å². The number of methoxy groups -OCH3 is 1. The molecular weight excluding hydrogens is 328 g/mol. The maximum absolute atomic E-state index is 11.4. The maximum atomic E-state index is 11.4. The van der Waals surface area contributed by atoms with Crippen molar-refractivity contribution in [2.24, 2.45) is 0 Å². The molecule has 0 amide bonds. The molecule has 0 spiro atoms. The Balaban J connectivity index is 0.000000427. The van der Waals surface area contributed by atoms with Crippen LogP contribution in [0, 0.1) is 55.4 Å². The molecular formula is C20H28FeO2-6. The molecule has 2 aromatic rings. The molecule has 0 unspecified atom stereocenters. The van der Waals surface area contributed by atoms with Crippen molar-refractivity contribution in [3.63, 3.8) is 0 Å². The zero-order valence-corrected chi connectivity index (χ0v) is 16.9. The summed E-state index contributed by atoms with van der Waals surface area (Å²) in [6.07, 6.45) is 0. The van der Waals surface area contributed by atoms with Gasteiger partial charge in [-0.15, -0.1) is 0 Å². The van der Waals surface area contributed by atoms with Gasteiger partial charge in [-0.3, -0.25) is 4.79 Å². The molecule has 2 aromatic carbocycles. The molecule has 0 bridgehead atoms. The summed E-state index contributed by atoms with van der Waals surface area (Å²) in [4.78, 5) is 11.4. The Hall–Kier alpha value is -1.31. The molecule has 0 aromatic heterocycles. The van der Waals surface area contributed by atoms with Gasteiger partial charge in [0.25, 0.3) is 5.97 Å². The van der Waals surface area contributed by atoms with Gasteiger partial charge in [-0.1, -0.05) is 27.7 Å². The fourth-order valence-electron chi connectivity index (χ4n) is 2.76. The topological polar surface area (TPSA) is 26.3 Å². The van der Waals surface area contributed by atoms with E-state index in [1.165, 1.54) is 40.5 Å². The Labute approximate surface area is 151 Å². The van der Waals surface area contributed by atoms with Crippen molar-refractivity contribution in [1.29, 1.82) is 0 Å². The number of carbonyl (C=O) groups is 1. The minimum absolute atomic E-state index is 0. The van der Waals surface area contributed by atoms with E-state index in [2.05, 4.69) is 33.8 Å². The van der Waals surface area contributed by atoms with E-state index in [9.17, 15) is 4.79 Å². The van der Waals surface area contributed by atoms with E-state index < -0.39 is 0 Å². The zero-order valence-electron chi connectivity index (χ0n) is 15.7. The van der Waals surface area contributed by atoms with Crippen LogP contribution in [-0.2, 0) is 21.8 Å². The van der Waals surface area contributed by atoms with Crippen LogP contribution in [0.5, 0.6) is 0 Å². The fraction of sp³-hybridized carbons (Fsp3) is 0.450. The Kier molecular flexibility index (Phi) is 8.03. The van der Waals surface area contributed by atoms with Gasteiger partial charge in [-0.25, -0.2) is 27.7 Å². The molecule has 0 N–H and O–H groups in total. The molecule has 134 valence electrons. The Morgan fingerprint density at radius 2 is 1.22 bits per heavy atom. The first-order valence-corrected chi connectivity index (χ1v) is 7.64. The molecule has 0 aliphatic carbocycles. The molecule has 0 atom stereocenters. The van der Waals surface area contributed by atoms with Gasteiger partial charge < -0.3 is 33.1 Å². The van der Waals surface area contributed by atoms with Gasteiger partial charge in [-0.05, 0) is 5.56 Å². The molecule has 0 aliphatic rings. The van der Waals surface area contributed by atoms with E-state index in [-0.39, 0.29) is 23.0 Å². The van der Waals surface area contributed by atoms with Crippen molar-refractivity contribution in [2.45, 2.75) is 55.4 Å². The monoisotopic (exact) mass is 356 g/mol. The predicted octanol–water partition coefficient (Wildman–Crippen LogP) is 5.06. The third-order valence-corrected chi connectivity index (χ3v) is 5.01. The number of esters is 1. The molecule has 0 saturated carbocycles. The number of rotatable bonds is 1. The van der Waals surface area contributed by atoms with Gasteiger partial charge >= 0.3 is 0 Å². The first-order chi connectivity index (χ1) is 10.1. The second-order valence-corrected chi connectivity index (χ2v) is 6.13. The smallest absolute Gasteiger partial charge is 0.281 e. The van der Waals surface area contributed by atoms with Crippen LogP contribution in [0.4, 0.5) is 0 Å². The molecule has 23 heavy (non-hydrogen) atoms. The van der Waals surface area contributed by atoms with Gasteiger partial charge in [0, 0.05) is 17.1 Å². The summed E-state index contributed by atoms with van der Waals surface area (Å²) < 4.78 is 4.73. The van der Waals surface area contributed by atoms with Crippen LogP contribution in [0.15, 0.2) is 6.07 Å². The third kappa shape index (κ3) is 4.36. The molecule has 3 heteroatoms. The quantitative estimate of drug-likeness (QED) is 0.405. The number of ether oxygens (including phenoxy) is 1. The van der Waals surface area contributed by atoms with E-state index in [0.29, 0.717) is 0 Å². The van der Waals surface area contributed by atoms with Crippen LogP contribution in [0.2, 0.25) is 0 Å². The zero-order chi connectivity index (χ0) is 17.2. The normalized spacial score (nSPS) is 9.78. The Morgan fingerprint density at radius 3 is 1.43 bits per heavy atom. The van der Waals surface area contributed by atoms with Crippen molar-refractivity contribution < 1.29 is 26.6 Å². The molecule has 0 fully saturated rings. The van der Waals surface area contributed by atoms with Crippen LogP contribution < -0.4 is 0 Å². The van der Waals surface area contributed by atoms with Gasteiger partial charge in [0.1, 0.15) is 0 Å². The van der Waals surface area contributed by atoms with E-state index in [1.54, 1.807) is 0 Å². The number of carbonyl (C=O) groups excluding carboxylic acids is 1. The molecule has 0 radical (unpaired) electrons. The van der Waals surface area contributed by atoms with Crippen LogP contribution in [0.3, 0.4) is 0 Å². The van der Waals surface area contributed by atoms with Gasteiger partial charge in [-0.2, -0.15) is 22.3 Å². The summed E-state index contributed by atoms with van der Waals surface area (Å²) in [5, 5.41) is 0. The first-order valence-electron chi connectivity index (χ1n) is 7.64. The Morgan fingerprint density at radius 1 is 0.870 bits per heavy atom. The standard InChI is InChI=1S/C11H15O2.C9H13.Fe/c1-6-7(2)9(4)10(8(6)3)11(12)13-5;1-6-5-7(2)9(4)8(6)3;/h1-5H3;5H,1-4H3;/q-1;-5;. The van der Waals surface area contributed by atoms with Gasteiger partial charge in [0.15, 0.2) is 0 Å². The fourth-order valence-corrected chi connectivity index (χ4v) is 2.76. The Bertz CT molecular complexity index is 639. The number of hydrogen-bond acceptors (Lipinski definition) is 2. The molecule has 2 nitrogen and oxygen atoms in total.